The number of benzene rings is 2. The van der Waals surface area contributed by atoms with Crippen molar-refractivity contribution < 1.29 is 4.79 Å². The van der Waals surface area contributed by atoms with E-state index in [9.17, 15) is 10.1 Å². The third-order valence-corrected chi connectivity index (χ3v) is 5.86. The van der Waals surface area contributed by atoms with Crippen molar-refractivity contribution in [1.82, 2.24) is 9.88 Å². The lowest BCUT2D eigenvalue weighted by molar-refractivity contribution is -0.117. The highest BCUT2D eigenvalue weighted by atomic mass is 16.1. The van der Waals surface area contributed by atoms with Gasteiger partial charge in [0.15, 0.2) is 0 Å². The van der Waals surface area contributed by atoms with Crippen molar-refractivity contribution in [1.29, 1.82) is 5.26 Å². The number of nitrogens with zero attached hydrogens (tertiary/aromatic N) is 2. The first-order valence-electron chi connectivity index (χ1n) is 10.7. The maximum atomic E-state index is 12.7. The van der Waals surface area contributed by atoms with Crippen LogP contribution in [0.5, 0.6) is 0 Å². The standard InChI is InChI=1S/C26H27N3O/c1-19-8-7-9-20(14-19)17-29-18-22(24-12-5-6-13-25(24)29)15-21(16-27)26(30)28-23-10-3-2-4-11-23/h5-9,12-15,18,23H,2-4,10-11,17H2,1H3,(H,28,30)/b21-15-. The molecule has 0 radical (unpaired) electrons. The van der Waals surface area contributed by atoms with Gasteiger partial charge in [-0.15, -0.1) is 0 Å². The molecular weight excluding hydrogens is 370 g/mol. The minimum atomic E-state index is -0.264. The lowest BCUT2D eigenvalue weighted by Gasteiger charge is -2.22. The summed E-state index contributed by atoms with van der Waals surface area (Å²) in [4.78, 5) is 12.7. The topological polar surface area (TPSA) is 57.8 Å². The van der Waals surface area contributed by atoms with Crippen LogP contribution in [0.1, 0.15) is 48.8 Å². The van der Waals surface area contributed by atoms with Gasteiger partial charge in [-0.1, -0.05) is 67.3 Å². The molecule has 0 atom stereocenters. The maximum absolute atomic E-state index is 12.7. The number of carbonyl (C=O) groups is 1. The van der Waals surface area contributed by atoms with E-state index in [-0.39, 0.29) is 17.5 Å². The number of aryl methyl sites for hydroxylation is 1. The number of aromatic nitrogens is 1. The van der Waals surface area contributed by atoms with Crippen molar-refractivity contribution in [2.45, 2.75) is 51.6 Å². The summed E-state index contributed by atoms with van der Waals surface area (Å²) >= 11 is 0. The van der Waals surface area contributed by atoms with Crippen LogP contribution < -0.4 is 5.32 Å². The molecule has 1 aromatic heterocycles. The average Bonchev–Trinajstić information content (AvgIpc) is 3.10. The monoisotopic (exact) mass is 397 g/mol. The first kappa shape index (κ1) is 20.0. The molecule has 0 unspecified atom stereocenters. The van der Waals surface area contributed by atoms with Crippen molar-refractivity contribution in [3.05, 3.63) is 77.0 Å². The molecule has 3 aromatic rings. The van der Waals surface area contributed by atoms with Crippen LogP contribution >= 0.6 is 0 Å². The summed E-state index contributed by atoms with van der Waals surface area (Å²) < 4.78 is 2.18. The SMILES string of the molecule is Cc1cccc(Cn2cc(/C=C(/C#N)C(=O)NC3CCCCC3)c3ccccc32)c1. The van der Waals surface area contributed by atoms with Gasteiger partial charge in [0, 0.05) is 35.2 Å². The minimum Gasteiger partial charge on any atom is -0.349 e. The van der Waals surface area contributed by atoms with E-state index in [1.807, 2.05) is 24.4 Å². The Morgan fingerprint density at radius 3 is 2.73 bits per heavy atom. The summed E-state index contributed by atoms with van der Waals surface area (Å²) in [6.45, 7) is 2.84. The molecule has 1 saturated carbocycles. The van der Waals surface area contributed by atoms with Gasteiger partial charge in [-0.25, -0.2) is 0 Å². The molecule has 30 heavy (non-hydrogen) atoms. The Hall–Kier alpha value is -3.32. The Morgan fingerprint density at radius 2 is 1.97 bits per heavy atom. The molecule has 0 bridgehead atoms. The van der Waals surface area contributed by atoms with E-state index < -0.39 is 0 Å². The zero-order valence-electron chi connectivity index (χ0n) is 17.4. The second-order valence-electron chi connectivity index (χ2n) is 8.20. The predicted molar refractivity (Wildman–Crippen MR) is 121 cm³/mol. The van der Waals surface area contributed by atoms with Crippen LogP contribution in [0.4, 0.5) is 0 Å². The number of carbonyl (C=O) groups excluding carboxylic acids is 1. The molecule has 4 heteroatoms. The van der Waals surface area contributed by atoms with Gasteiger partial charge in [0.2, 0.25) is 0 Å². The second-order valence-corrected chi connectivity index (χ2v) is 8.20. The zero-order chi connectivity index (χ0) is 20.9. The molecule has 4 rings (SSSR count). The van der Waals surface area contributed by atoms with Gasteiger partial charge in [-0.05, 0) is 37.5 Å². The summed E-state index contributed by atoms with van der Waals surface area (Å²) in [5, 5.41) is 13.7. The van der Waals surface area contributed by atoms with E-state index in [4.69, 9.17) is 0 Å². The molecular formula is C26H27N3O. The summed E-state index contributed by atoms with van der Waals surface area (Å²) in [7, 11) is 0. The molecule has 1 amide bonds. The Kier molecular flexibility index (Phi) is 5.99. The van der Waals surface area contributed by atoms with Gasteiger partial charge < -0.3 is 9.88 Å². The van der Waals surface area contributed by atoms with E-state index in [1.165, 1.54) is 17.5 Å². The highest BCUT2D eigenvalue weighted by Gasteiger charge is 2.18. The molecule has 1 heterocycles. The molecule has 0 aliphatic heterocycles. The van der Waals surface area contributed by atoms with Crippen LogP contribution in [-0.2, 0) is 11.3 Å². The first-order valence-corrected chi connectivity index (χ1v) is 10.7. The Labute approximate surface area is 177 Å². The highest BCUT2D eigenvalue weighted by molar-refractivity contribution is 6.04. The minimum absolute atomic E-state index is 0.166. The second kappa shape index (κ2) is 9.00. The van der Waals surface area contributed by atoms with Crippen molar-refractivity contribution in [3.63, 3.8) is 0 Å². The molecule has 0 saturated heterocycles. The first-order chi connectivity index (χ1) is 14.6. The molecule has 2 aromatic carbocycles. The summed E-state index contributed by atoms with van der Waals surface area (Å²) in [5.74, 6) is -0.264. The molecule has 1 N–H and O–H groups in total. The normalized spacial score (nSPS) is 15.1. The lowest BCUT2D eigenvalue weighted by atomic mass is 9.95. The Balaban J connectivity index is 1.64. The van der Waals surface area contributed by atoms with Crippen molar-refractivity contribution >= 4 is 22.9 Å². The van der Waals surface area contributed by atoms with E-state index in [2.05, 4.69) is 53.2 Å². The molecule has 152 valence electrons. The number of rotatable bonds is 5. The number of fused-ring (bicyclic) bond motifs is 1. The van der Waals surface area contributed by atoms with Crippen LogP contribution in [0.15, 0.2) is 60.3 Å². The lowest BCUT2D eigenvalue weighted by Crippen LogP contribution is -2.36. The van der Waals surface area contributed by atoms with Crippen LogP contribution in [-0.4, -0.2) is 16.5 Å². The van der Waals surface area contributed by atoms with Crippen LogP contribution in [0.3, 0.4) is 0 Å². The van der Waals surface area contributed by atoms with Gasteiger partial charge in [0.25, 0.3) is 5.91 Å². The van der Waals surface area contributed by atoms with Crippen molar-refractivity contribution in [2.75, 3.05) is 0 Å². The number of nitriles is 1. The Bertz CT molecular complexity index is 1130. The van der Waals surface area contributed by atoms with Gasteiger partial charge in [0.05, 0.1) is 0 Å². The van der Waals surface area contributed by atoms with Crippen LogP contribution in [0.2, 0.25) is 0 Å². The predicted octanol–water partition coefficient (Wildman–Crippen LogP) is 5.35. The fourth-order valence-electron chi connectivity index (χ4n) is 4.34. The van der Waals surface area contributed by atoms with E-state index in [0.29, 0.717) is 0 Å². The van der Waals surface area contributed by atoms with Gasteiger partial charge in [-0.2, -0.15) is 5.26 Å². The smallest absolute Gasteiger partial charge is 0.262 e. The molecule has 1 aliphatic rings. The van der Waals surface area contributed by atoms with E-state index in [0.717, 1.165) is 48.7 Å². The molecule has 4 nitrogen and oxygen atoms in total. The number of para-hydroxylation sites is 1. The van der Waals surface area contributed by atoms with Crippen molar-refractivity contribution in [3.8, 4) is 6.07 Å². The quantitative estimate of drug-likeness (QED) is 0.466. The number of hydrogen-bond donors (Lipinski definition) is 1. The average molecular weight is 398 g/mol. The Morgan fingerprint density at radius 1 is 1.17 bits per heavy atom. The van der Waals surface area contributed by atoms with E-state index in [1.54, 1.807) is 6.08 Å². The fraction of sp³-hybridized carbons (Fsp3) is 0.308. The number of amides is 1. The number of nitrogens with one attached hydrogen (secondary N) is 1. The van der Waals surface area contributed by atoms with E-state index >= 15 is 0 Å². The largest absolute Gasteiger partial charge is 0.349 e. The third-order valence-electron chi connectivity index (χ3n) is 5.86. The van der Waals surface area contributed by atoms with Crippen LogP contribution in [0, 0.1) is 18.3 Å². The summed E-state index contributed by atoms with van der Waals surface area (Å²) in [6, 6.07) is 18.9. The molecule has 1 fully saturated rings. The maximum Gasteiger partial charge on any atom is 0.262 e. The van der Waals surface area contributed by atoms with Crippen LogP contribution in [0.25, 0.3) is 17.0 Å². The van der Waals surface area contributed by atoms with Crippen molar-refractivity contribution in [2.24, 2.45) is 0 Å². The number of hydrogen-bond acceptors (Lipinski definition) is 2. The summed E-state index contributed by atoms with van der Waals surface area (Å²) in [6.07, 6.45) is 9.28. The van der Waals surface area contributed by atoms with Gasteiger partial charge >= 0.3 is 0 Å². The van der Waals surface area contributed by atoms with Gasteiger partial charge in [0.1, 0.15) is 11.6 Å². The molecule has 1 aliphatic carbocycles. The highest BCUT2D eigenvalue weighted by Crippen LogP contribution is 2.25. The summed E-state index contributed by atoms with van der Waals surface area (Å²) in [5.41, 5.74) is 4.61. The molecule has 0 spiro atoms. The third kappa shape index (κ3) is 4.46. The van der Waals surface area contributed by atoms with Gasteiger partial charge in [-0.3, -0.25) is 4.79 Å². The fourth-order valence-corrected chi connectivity index (χ4v) is 4.34. The zero-order valence-corrected chi connectivity index (χ0v) is 17.4.